The molecule has 5 heteroatoms. The van der Waals surface area contributed by atoms with E-state index in [4.69, 9.17) is 0 Å². The number of aromatic nitrogens is 1. The number of ether oxygens (including phenoxy) is 1. The Morgan fingerprint density at radius 2 is 2.09 bits per heavy atom. The molecule has 2 N–H and O–H groups in total. The summed E-state index contributed by atoms with van der Waals surface area (Å²) in [5.41, 5.74) is 5.97. The Hall–Kier alpha value is -2.30. The van der Waals surface area contributed by atoms with Crippen molar-refractivity contribution in [3.05, 3.63) is 45.9 Å². The van der Waals surface area contributed by atoms with Crippen molar-refractivity contribution in [2.75, 3.05) is 7.11 Å². The van der Waals surface area contributed by atoms with Crippen molar-refractivity contribution < 1.29 is 14.3 Å². The number of hydrogen-bond donors (Lipinski definition) is 2. The van der Waals surface area contributed by atoms with Gasteiger partial charge in [0, 0.05) is 36.0 Å². The number of H-pyrrole nitrogens is 1. The monoisotopic (exact) mass is 302 g/mol. The van der Waals surface area contributed by atoms with Gasteiger partial charge in [0.25, 0.3) is 5.91 Å². The van der Waals surface area contributed by atoms with Gasteiger partial charge in [-0.2, -0.15) is 0 Å². The van der Waals surface area contributed by atoms with Crippen LogP contribution in [0, 0.1) is 6.92 Å². The van der Waals surface area contributed by atoms with Crippen LogP contribution in [0.25, 0.3) is 0 Å². The van der Waals surface area contributed by atoms with Gasteiger partial charge in [-0.1, -0.05) is 6.08 Å². The smallest absolute Gasteiger partial charge is 0.305 e. The van der Waals surface area contributed by atoms with Gasteiger partial charge in [-0.3, -0.25) is 9.59 Å². The van der Waals surface area contributed by atoms with E-state index in [1.807, 2.05) is 33.0 Å². The Morgan fingerprint density at radius 1 is 1.36 bits per heavy atom. The van der Waals surface area contributed by atoms with E-state index in [-0.39, 0.29) is 11.9 Å². The van der Waals surface area contributed by atoms with Crippen LogP contribution < -0.4 is 5.32 Å². The first-order valence-electron chi connectivity index (χ1n) is 7.38. The van der Waals surface area contributed by atoms with E-state index in [1.54, 1.807) is 0 Å². The molecule has 0 atom stereocenters. The Balaban J connectivity index is 2.12. The van der Waals surface area contributed by atoms with Gasteiger partial charge < -0.3 is 15.0 Å². The van der Waals surface area contributed by atoms with E-state index in [2.05, 4.69) is 15.0 Å². The van der Waals surface area contributed by atoms with Crippen molar-refractivity contribution in [3.63, 3.8) is 0 Å². The minimum absolute atomic E-state index is 0.0369. The number of nitrogens with one attached hydrogen (secondary N) is 2. The van der Waals surface area contributed by atoms with E-state index < -0.39 is 0 Å². The molecule has 22 heavy (non-hydrogen) atoms. The van der Waals surface area contributed by atoms with Crippen LogP contribution in [0.15, 0.2) is 29.1 Å². The van der Waals surface area contributed by atoms with Crippen LogP contribution in [0.1, 0.15) is 37.1 Å². The number of methoxy groups -OCH3 is 1. The largest absolute Gasteiger partial charge is 0.469 e. The predicted octanol–water partition coefficient (Wildman–Crippen LogP) is 2.32. The van der Waals surface area contributed by atoms with Gasteiger partial charge in [-0.15, -0.1) is 0 Å². The molecule has 2 rings (SSSR count). The molecule has 5 nitrogen and oxygen atoms in total. The molecule has 0 bridgehead atoms. The summed E-state index contributed by atoms with van der Waals surface area (Å²) in [6, 6.07) is 0. The van der Waals surface area contributed by atoms with E-state index in [9.17, 15) is 9.59 Å². The molecule has 1 amide bonds. The predicted molar refractivity (Wildman–Crippen MR) is 84.2 cm³/mol. The SMILES string of the molecule is C/C=C1/C(=O)NC(Cc2[nH]cc(CCC(=O)OC)c2C)=C1C. The van der Waals surface area contributed by atoms with Gasteiger partial charge in [0.15, 0.2) is 0 Å². The molecule has 0 spiro atoms. The van der Waals surface area contributed by atoms with Crippen molar-refractivity contribution in [3.8, 4) is 0 Å². The Kier molecular flexibility index (Phi) is 4.85. The van der Waals surface area contributed by atoms with Crippen molar-refractivity contribution in [2.45, 2.75) is 40.0 Å². The molecule has 2 heterocycles. The van der Waals surface area contributed by atoms with Crippen LogP contribution in [0.2, 0.25) is 0 Å². The summed E-state index contributed by atoms with van der Waals surface area (Å²) in [5.74, 6) is -0.244. The van der Waals surface area contributed by atoms with Crippen molar-refractivity contribution in [2.24, 2.45) is 0 Å². The number of carbonyl (C=O) groups is 2. The van der Waals surface area contributed by atoms with Gasteiger partial charge in [0.2, 0.25) is 0 Å². The first kappa shape index (κ1) is 16.1. The van der Waals surface area contributed by atoms with E-state index in [0.717, 1.165) is 33.7 Å². The molecule has 118 valence electrons. The summed E-state index contributed by atoms with van der Waals surface area (Å²) in [5, 5.41) is 2.93. The maximum atomic E-state index is 11.8. The number of allylic oxidation sites excluding steroid dienone is 2. The minimum Gasteiger partial charge on any atom is -0.469 e. The van der Waals surface area contributed by atoms with E-state index in [0.29, 0.717) is 19.3 Å². The Labute approximate surface area is 130 Å². The molecule has 0 unspecified atom stereocenters. The van der Waals surface area contributed by atoms with Crippen LogP contribution in [-0.4, -0.2) is 24.0 Å². The molecule has 0 fully saturated rings. The lowest BCUT2D eigenvalue weighted by atomic mass is 10.0. The maximum absolute atomic E-state index is 11.8. The fourth-order valence-electron chi connectivity index (χ4n) is 2.70. The third-order valence-electron chi connectivity index (χ3n) is 4.19. The summed E-state index contributed by atoms with van der Waals surface area (Å²) in [6.45, 7) is 5.85. The average molecular weight is 302 g/mol. The molecule has 0 aliphatic carbocycles. The highest BCUT2D eigenvalue weighted by Crippen LogP contribution is 2.25. The second kappa shape index (κ2) is 6.64. The number of esters is 1. The molecule has 1 aromatic heterocycles. The molecule has 1 aliphatic heterocycles. The van der Waals surface area contributed by atoms with Crippen molar-refractivity contribution in [1.29, 1.82) is 0 Å². The zero-order valence-electron chi connectivity index (χ0n) is 13.5. The molecule has 0 aromatic carbocycles. The van der Waals surface area contributed by atoms with Gasteiger partial charge >= 0.3 is 5.97 Å². The lowest BCUT2D eigenvalue weighted by Crippen LogP contribution is -2.18. The molecular weight excluding hydrogens is 280 g/mol. The molecule has 1 aliphatic rings. The van der Waals surface area contributed by atoms with Crippen molar-refractivity contribution >= 4 is 11.9 Å². The summed E-state index contributed by atoms with van der Waals surface area (Å²) in [6.07, 6.45) is 5.44. The van der Waals surface area contributed by atoms with Crippen LogP contribution in [-0.2, 0) is 27.2 Å². The van der Waals surface area contributed by atoms with Crippen LogP contribution in [0.4, 0.5) is 0 Å². The Morgan fingerprint density at radius 3 is 2.68 bits per heavy atom. The topological polar surface area (TPSA) is 71.2 Å². The summed E-state index contributed by atoms with van der Waals surface area (Å²) >= 11 is 0. The van der Waals surface area contributed by atoms with E-state index in [1.165, 1.54) is 7.11 Å². The first-order chi connectivity index (χ1) is 10.5. The maximum Gasteiger partial charge on any atom is 0.305 e. The molecule has 0 saturated heterocycles. The van der Waals surface area contributed by atoms with E-state index >= 15 is 0 Å². The van der Waals surface area contributed by atoms with Crippen LogP contribution in [0.3, 0.4) is 0 Å². The Bertz CT molecular complexity index is 665. The summed E-state index contributed by atoms with van der Waals surface area (Å²) in [7, 11) is 1.40. The highest BCUT2D eigenvalue weighted by Gasteiger charge is 2.24. The van der Waals surface area contributed by atoms with Gasteiger partial charge in [-0.05, 0) is 43.9 Å². The highest BCUT2D eigenvalue weighted by molar-refractivity contribution is 6.02. The number of aromatic amines is 1. The quantitative estimate of drug-likeness (QED) is 0.648. The molecule has 0 saturated carbocycles. The zero-order chi connectivity index (χ0) is 16.3. The fourth-order valence-corrected chi connectivity index (χ4v) is 2.70. The average Bonchev–Trinajstić information content (AvgIpc) is 2.98. The van der Waals surface area contributed by atoms with Gasteiger partial charge in [0.1, 0.15) is 0 Å². The third kappa shape index (κ3) is 3.13. The number of hydrogen-bond acceptors (Lipinski definition) is 3. The third-order valence-corrected chi connectivity index (χ3v) is 4.19. The lowest BCUT2D eigenvalue weighted by Gasteiger charge is -2.05. The minimum atomic E-state index is -0.207. The number of rotatable bonds is 5. The number of carbonyl (C=O) groups excluding carboxylic acids is 2. The van der Waals surface area contributed by atoms with Gasteiger partial charge in [0.05, 0.1) is 7.11 Å². The fraction of sp³-hybridized carbons (Fsp3) is 0.412. The zero-order valence-corrected chi connectivity index (χ0v) is 13.5. The van der Waals surface area contributed by atoms with Gasteiger partial charge in [-0.25, -0.2) is 0 Å². The molecule has 1 aromatic rings. The van der Waals surface area contributed by atoms with Crippen LogP contribution in [0.5, 0.6) is 0 Å². The second-order valence-electron chi connectivity index (χ2n) is 5.43. The molecular formula is C17H22N2O3. The lowest BCUT2D eigenvalue weighted by molar-refractivity contribution is -0.140. The second-order valence-corrected chi connectivity index (χ2v) is 5.43. The first-order valence-corrected chi connectivity index (χ1v) is 7.38. The number of amides is 1. The summed E-state index contributed by atoms with van der Waals surface area (Å²) < 4.78 is 4.67. The highest BCUT2D eigenvalue weighted by atomic mass is 16.5. The van der Waals surface area contributed by atoms with Crippen LogP contribution >= 0.6 is 0 Å². The molecule has 0 radical (unpaired) electrons. The van der Waals surface area contributed by atoms with Crippen molar-refractivity contribution in [1.82, 2.24) is 10.3 Å². The number of aryl methyl sites for hydroxylation is 1. The normalized spacial score (nSPS) is 16.4. The standard InChI is InChI=1S/C17H22N2O3/c1-5-13-11(3)15(19-17(13)21)8-14-10(2)12(9-18-14)6-7-16(20)22-4/h5,9,18H,6-8H2,1-4H3,(H,19,21)/b13-5+. The summed E-state index contributed by atoms with van der Waals surface area (Å²) in [4.78, 5) is 26.3.